The predicted octanol–water partition coefficient (Wildman–Crippen LogP) is 1.48. The molecular formula is C8H18BFO2. The minimum Gasteiger partial charge on any atom is -0.427 e. The van der Waals surface area contributed by atoms with Crippen LogP contribution in [0.15, 0.2) is 0 Å². The number of rotatable bonds is 4. The first-order chi connectivity index (χ1) is 5.37. The maximum Gasteiger partial charge on any atom is 0.457 e. The van der Waals surface area contributed by atoms with E-state index in [0.29, 0.717) is 0 Å². The summed E-state index contributed by atoms with van der Waals surface area (Å²) in [6.07, 6.45) is -1.15. The zero-order valence-electron chi connectivity index (χ0n) is 8.16. The van der Waals surface area contributed by atoms with Gasteiger partial charge in [0.05, 0.1) is 0 Å². The van der Waals surface area contributed by atoms with Gasteiger partial charge in [-0.15, -0.1) is 0 Å². The summed E-state index contributed by atoms with van der Waals surface area (Å²) < 4.78 is 13.4. The van der Waals surface area contributed by atoms with Crippen molar-refractivity contribution in [3.63, 3.8) is 0 Å². The van der Waals surface area contributed by atoms with Crippen molar-refractivity contribution in [3.05, 3.63) is 0 Å². The van der Waals surface area contributed by atoms with Gasteiger partial charge in [-0.3, -0.25) is 0 Å². The quantitative estimate of drug-likeness (QED) is 0.637. The van der Waals surface area contributed by atoms with E-state index in [1.54, 1.807) is 6.92 Å². The van der Waals surface area contributed by atoms with E-state index in [1.165, 1.54) is 6.92 Å². The van der Waals surface area contributed by atoms with Crippen LogP contribution in [0.4, 0.5) is 4.39 Å². The van der Waals surface area contributed by atoms with Gasteiger partial charge in [0.25, 0.3) is 0 Å². The van der Waals surface area contributed by atoms with Crippen molar-refractivity contribution in [1.29, 1.82) is 0 Å². The van der Waals surface area contributed by atoms with Crippen LogP contribution in [0.1, 0.15) is 27.7 Å². The van der Waals surface area contributed by atoms with Gasteiger partial charge in [0.1, 0.15) is 6.17 Å². The van der Waals surface area contributed by atoms with Crippen molar-refractivity contribution in [1.82, 2.24) is 0 Å². The third-order valence-electron chi connectivity index (χ3n) is 2.53. The maximum atomic E-state index is 13.4. The lowest BCUT2D eigenvalue weighted by atomic mass is 9.67. The lowest BCUT2D eigenvalue weighted by Gasteiger charge is -2.24. The Kier molecular flexibility index (Phi) is 4.79. The Hall–Kier alpha value is -0.0851. The molecule has 0 saturated heterocycles. The molecule has 72 valence electrons. The van der Waals surface area contributed by atoms with E-state index in [-0.39, 0.29) is 11.8 Å². The lowest BCUT2D eigenvalue weighted by molar-refractivity contribution is 0.175. The normalized spacial score (nSPS) is 19.0. The lowest BCUT2D eigenvalue weighted by Crippen LogP contribution is -2.31. The molecule has 1 unspecified atom stereocenters. The first kappa shape index (κ1) is 11.9. The smallest absolute Gasteiger partial charge is 0.427 e. The molecule has 0 aliphatic carbocycles. The Morgan fingerprint density at radius 2 is 1.50 bits per heavy atom. The molecule has 0 saturated carbocycles. The van der Waals surface area contributed by atoms with Gasteiger partial charge in [0.2, 0.25) is 0 Å². The second-order valence-electron chi connectivity index (χ2n) is 3.82. The van der Waals surface area contributed by atoms with Gasteiger partial charge in [-0.2, -0.15) is 0 Å². The van der Waals surface area contributed by atoms with Crippen LogP contribution in [0.5, 0.6) is 0 Å². The molecule has 0 bridgehead atoms. The van der Waals surface area contributed by atoms with E-state index < -0.39 is 19.1 Å². The van der Waals surface area contributed by atoms with Crippen LogP contribution in [0.3, 0.4) is 0 Å². The van der Waals surface area contributed by atoms with Gasteiger partial charge in [0.15, 0.2) is 0 Å². The molecular weight excluding hydrogens is 158 g/mol. The van der Waals surface area contributed by atoms with Crippen LogP contribution in [0.25, 0.3) is 0 Å². The standard InChI is InChI=1S/C8H18BFO2/c1-5(2)6(3)8(10)7(4)9(11)12/h5-8,11-12H,1-4H3/t6-,7?,8-/m0/s1. The molecule has 2 nitrogen and oxygen atoms in total. The van der Waals surface area contributed by atoms with Crippen molar-refractivity contribution in [3.8, 4) is 0 Å². The van der Waals surface area contributed by atoms with Crippen LogP contribution < -0.4 is 0 Å². The van der Waals surface area contributed by atoms with Gasteiger partial charge in [-0.25, -0.2) is 4.39 Å². The molecule has 0 aromatic heterocycles. The van der Waals surface area contributed by atoms with Crippen LogP contribution >= 0.6 is 0 Å². The minimum atomic E-state index is -1.55. The van der Waals surface area contributed by atoms with Crippen molar-refractivity contribution >= 4 is 7.12 Å². The van der Waals surface area contributed by atoms with Gasteiger partial charge in [-0.05, 0) is 11.8 Å². The fraction of sp³-hybridized carbons (Fsp3) is 1.00. The van der Waals surface area contributed by atoms with Crippen molar-refractivity contribution in [2.24, 2.45) is 11.8 Å². The maximum absolute atomic E-state index is 13.4. The average Bonchev–Trinajstić information content (AvgIpc) is 2.00. The van der Waals surface area contributed by atoms with E-state index in [9.17, 15) is 4.39 Å². The second-order valence-corrected chi connectivity index (χ2v) is 3.82. The molecule has 0 aliphatic heterocycles. The molecule has 4 heteroatoms. The molecule has 3 atom stereocenters. The average molecular weight is 176 g/mol. The highest BCUT2D eigenvalue weighted by atomic mass is 19.1. The third-order valence-corrected chi connectivity index (χ3v) is 2.53. The Bertz CT molecular complexity index is 116. The molecule has 0 fully saturated rings. The van der Waals surface area contributed by atoms with E-state index in [2.05, 4.69) is 0 Å². The van der Waals surface area contributed by atoms with Crippen LogP contribution in [0, 0.1) is 11.8 Å². The highest BCUT2D eigenvalue weighted by molar-refractivity contribution is 6.43. The van der Waals surface area contributed by atoms with Crippen LogP contribution in [-0.4, -0.2) is 23.3 Å². The number of hydrogen-bond acceptors (Lipinski definition) is 2. The third kappa shape index (κ3) is 3.11. The van der Waals surface area contributed by atoms with Crippen molar-refractivity contribution in [2.45, 2.75) is 39.7 Å². The fourth-order valence-corrected chi connectivity index (χ4v) is 1.01. The van der Waals surface area contributed by atoms with E-state index in [1.807, 2.05) is 13.8 Å². The van der Waals surface area contributed by atoms with Gasteiger partial charge < -0.3 is 10.0 Å². The molecule has 0 spiro atoms. The molecule has 0 amide bonds. The summed E-state index contributed by atoms with van der Waals surface area (Å²) in [7, 11) is -1.55. The molecule has 0 radical (unpaired) electrons. The van der Waals surface area contributed by atoms with Crippen molar-refractivity contribution < 1.29 is 14.4 Å². The van der Waals surface area contributed by atoms with E-state index in [0.717, 1.165) is 0 Å². The second kappa shape index (κ2) is 4.82. The Morgan fingerprint density at radius 1 is 1.08 bits per heavy atom. The summed E-state index contributed by atoms with van der Waals surface area (Å²) in [5.41, 5.74) is 0. The summed E-state index contributed by atoms with van der Waals surface area (Å²) in [6, 6.07) is 0. The largest absolute Gasteiger partial charge is 0.457 e. The zero-order valence-corrected chi connectivity index (χ0v) is 8.16. The summed E-state index contributed by atoms with van der Waals surface area (Å²) in [4.78, 5) is 0. The van der Waals surface area contributed by atoms with Crippen molar-refractivity contribution in [2.75, 3.05) is 0 Å². The number of hydrogen-bond donors (Lipinski definition) is 2. The molecule has 0 heterocycles. The molecule has 0 rings (SSSR count). The summed E-state index contributed by atoms with van der Waals surface area (Å²) in [6.45, 7) is 7.14. The van der Waals surface area contributed by atoms with Gasteiger partial charge in [0, 0.05) is 5.82 Å². The molecule has 0 aromatic rings. The number of halogens is 1. The first-order valence-corrected chi connectivity index (χ1v) is 4.38. The fourth-order valence-electron chi connectivity index (χ4n) is 1.01. The topological polar surface area (TPSA) is 40.5 Å². The first-order valence-electron chi connectivity index (χ1n) is 4.38. The number of alkyl halides is 1. The Morgan fingerprint density at radius 3 is 1.75 bits per heavy atom. The van der Waals surface area contributed by atoms with Crippen LogP contribution in [0.2, 0.25) is 5.82 Å². The summed E-state index contributed by atoms with van der Waals surface area (Å²) in [5.74, 6) is -0.620. The van der Waals surface area contributed by atoms with Gasteiger partial charge in [-0.1, -0.05) is 27.7 Å². The predicted molar refractivity (Wildman–Crippen MR) is 48.5 cm³/mol. The van der Waals surface area contributed by atoms with Crippen LogP contribution in [-0.2, 0) is 0 Å². The van der Waals surface area contributed by atoms with E-state index in [4.69, 9.17) is 10.0 Å². The monoisotopic (exact) mass is 176 g/mol. The molecule has 0 aromatic carbocycles. The zero-order chi connectivity index (χ0) is 9.89. The Balaban J connectivity index is 4.08. The highest BCUT2D eigenvalue weighted by Gasteiger charge is 2.32. The molecule has 0 aliphatic rings. The van der Waals surface area contributed by atoms with E-state index >= 15 is 0 Å². The summed E-state index contributed by atoms with van der Waals surface area (Å²) >= 11 is 0. The minimum absolute atomic E-state index is 0.137. The van der Waals surface area contributed by atoms with Gasteiger partial charge >= 0.3 is 7.12 Å². The highest BCUT2D eigenvalue weighted by Crippen LogP contribution is 2.27. The summed E-state index contributed by atoms with van der Waals surface area (Å²) in [5, 5.41) is 17.5. The SMILES string of the molecule is CC(B(O)O)[C@@H](F)[C@@H](C)C(C)C. The molecule has 12 heavy (non-hydrogen) atoms. The Labute approximate surface area is 73.9 Å². The molecule has 2 N–H and O–H groups in total.